The molecule has 302 valence electrons. The number of hydrogen-bond donors (Lipinski definition) is 0. The Hall–Kier alpha value is -2.03. The van der Waals surface area contributed by atoms with Gasteiger partial charge in [0.15, 0.2) is 6.10 Å². The molecule has 0 aliphatic rings. The molecular weight excluding hydrogens is 677 g/mol. The number of allylic oxidation sites excluding steroid dienone is 8. The van der Waals surface area contributed by atoms with Crippen LogP contribution in [0.2, 0.25) is 0 Å². The lowest BCUT2D eigenvalue weighted by Gasteiger charge is -2.28. The van der Waals surface area contributed by atoms with Gasteiger partial charge in [-0.1, -0.05) is 133 Å². The van der Waals surface area contributed by atoms with Gasteiger partial charge in [0.1, 0.15) is 19.8 Å². The number of phosphoric ester groups is 1. The van der Waals surface area contributed by atoms with Crippen LogP contribution in [0, 0.1) is 0 Å². The number of likely N-dealkylation sites (N-methyl/N-ethyl adjacent to an activating group) is 1. The van der Waals surface area contributed by atoms with Crippen molar-refractivity contribution in [2.75, 3.05) is 47.5 Å². The number of rotatable bonds is 36. The van der Waals surface area contributed by atoms with Gasteiger partial charge in [0.25, 0.3) is 7.82 Å². The van der Waals surface area contributed by atoms with Gasteiger partial charge >= 0.3 is 11.9 Å². The average Bonchev–Trinajstić information content (AvgIpc) is 3.09. The van der Waals surface area contributed by atoms with Crippen molar-refractivity contribution in [3.8, 4) is 0 Å². The number of phosphoric acid groups is 1. The minimum absolute atomic E-state index is 0.0382. The van der Waals surface area contributed by atoms with Crippen molar-refractivity contribution < 1.29 is 42.1 Å². The van der Waals surface area contributed by atoms with E-state index < -0.39 is 32.5 Å². The Morgan fingerprint density at radius 3 is 1.58 bits per heavy atom. The van der Waals surface area contributed by atoms with E-state index in [-0.39, 0.29) is 26.1 Å². The molecule has 0 fully saturated rings. The van der Waals surface area contributed by atoms with E-state index in [4.69, 9.17) is 18.5 Å². The van der Waals surface area contributed by atoms with Crippen LogP contribution in [0.1, 0.15) is 155 Å². The number of carbonyl (C=O) groups is 2. The first kappa shape index (κ1) is 50.0. The first-order valence-electron chi connectivity index (χ1n) is 20.3. The Morgan fingerprint density at radius 1 is 0.596 bits per heavy atom. The van der Waals surface area contributed by atoms with Crippen molar-refractivity contribution in [1.82, 2.24) is 0 Å². The molecule has 0 heterocycles. The number of hydrogen-bond acceptors (Lipinski definition) is 8. The molecule has 0 radical (unpaired) electrons. The molecule has 0 rings (SSSR count). The largest absolute Gasteiger partial charge is 0.756 e. The maximum atomic E-state index is 12.6. The Kier molecular flexibility index (Phi) is 33.4. The topological polar surface area (TPSA) is 111 Å². The molecule has 0 aliphatic heterocycles. The number of ether oxygens (including phenoxy) is 2. The summed E-state index contributed by atoms with van der Waals surface area (Å²) in [5.74, 6) is -0.877. The van der Waals surface area contributed by atoms with E-state index in [9.17, 15) is 19.0 Å². The monoisotopic (exact) mass is 754 g/mol. The first-order valence-corrected chi connectivity index (χ1v) is 21.8. The summed E-state index contributed by atoms with van der Waals surface area (Å²) in [4.78, 5) is 37.3. The van der Waals surface area contributed by atoms with Crippen LogP contribution in [-0.4, -0.2) is 70.0 Å². The van der Waals surface area contributed by atoms with Gasteiger partial charge in [-0.3, -0.25) is 14.2 Å². The third-order valence-electron chi connectivity index (χ3n) is 8.35. The van der Waals surface area contributed by atoms with Crippen LogP contribution in [-0.2, 0) is 32.7 Å². The molecule has 0 amide bonds. The number of carbonyl (C=O) groups excluding carboxylic acids is 2. The van der Waals surface area contributed by atoms with Crippen LogP contribution in [0.4, 0.5) is 0 Å². The zero-order valence-corrected chi connectivity index (χ0v) is 34.6. The molecule has 0 N–H and O–H groups in total. The van der Waals surface area contributed by atoms with Gasteiger partial charge in [-0.2, -0.15) is 0 Å². The zero-order valence-electron chi connectivity index (χ0n) is 33.7. The molecule has 52 heavy (non-hydrogen) atoms. The summed E-state index contributed by atoms with van der Waals surface area (Å²) >= 11 is 0. The maximum absolute atomic E-state index is 12.6. The molecule has 0 aliphatic carbocycles. The van der Waals surface area contributed by atoms with E-state index >= 15 is 0 Å². The van der Waals surface area contributed by atoms with Crippen molar-refractivity contribution in [3.63, 3.8) is 0 Å². The first-order chi connectivity index (χ1) is 25.0. The quantitative estimate of drug-likeness (QED) is 0.0204. The van der Waals surface area contributed by atoms with Gasteiger partial charge in [-0.25, -0.2) is 0 Å². The summed E-state index contributed by atoms with van der Waals surface area (Å²) in [7, 11) is 1.14. The second-order valence-corrected chi connectivity index (χ2v) is 16.1. The third-order valence-corrected chi connectivity index (χ3v) is 9.32. The Labute approximate surface area is 318 Å². The molecule has 0 aromatic carbocycles. The Bertz CT molecular complexity index is 1030. The molecule has 1 unspecified atom stereocenters. The molecule has 0 bridgehead atoms. The molecule has 0 saturated carbocycles. The fraction of sp³-hybridized carbons (Fsp3) is 0.762. The molecule has 0 saturated heterocycles. The molecule has 0 spiro atoms. The van der Waals surface area contributed by atoms with E-state index in [0.29, 0.717) is 17.4 Å². The summed E-state index contributed by atoms with van der Waals surface area (Å²) in [6.07, 6.45) is 38.6. The lowest BCUT2D eigenvalue weighted by Crippen LogP contribution is -2.37. The Balaban J connectivity index is 4.44. The number of nitrogens with zero attached hydrogens (tertiary/aromatic N) is 1. The fourth-order valence-corrected chi connectivity index (χ4v) is 5.84. The van der Waals surface area contributed by atoms with Gasteiger partial charge in [0.2, 0.25) is 0 Å². The predicted molar refractivity (Wildman–Crippen MR) is 213 cm³/mol. The van der Waals surface area contributed by atoms with E-state index in [0.717, 1.165) is 57.8 Å². The van der Waals surface area contributed by atoms with Crippen LogP contribution < -0.4 is 4.89 Å². The molecule has 0 aromatic rings. The van der Waals surface area contributed by atoms with E-state index in [1.807, 2.05) is 21.1 Å². The van der Waals surface area contributed by atoms with E-state index in [2.05, 4.69) is 62.5 Å². The molecule has 0 aromatic heterocycles. The third kappa shape index (κ3) is 37.7. The van der Waals surface area contributed by atoms with Gasteiger partial charge in [0, 0.05) is 12.8 Å². The van der Waals surface area contributed by atoms with Crippen molar-refractivity contribution in [2.45, 2.75) is 161 Å². The Morgan fingerprint density at radius 2 is 1.04 bits per heavy atom. The highest BCUT2D eigenvalue weighted by atomic mass is 31.2. The summed E-state index contributed by atoms with van der Waals surface area (Å²) in [6.45, 7) is 4.12. The van der Waals surface area contributed by atoms with Crippen LogP contribution >= 0.6 is 7.82 Å². The molecule has 9 nitrogen and oxygen atoms in total. The zero-order chi connectivity index (χ0) is 38.6. The SMILES string of the molecule is CCCCC/C=C\C/C=C\C/C=C\C/C=C\CCCCCC(=O)O[C@H](COC(=O)CCCCCCCCCCC)COP(=O)([O-])OCC[N+](C)(C)C. The lowest BCUT2D eigenvalue weighted by atomic mass is 10.1. The maximum Gasteiger partial charge on any atom is 0.306 e. The van der Waals surface area contributed by atoms with Crippen LogP contribution in [0.5, 0.6) is 0 Å². The average molecular weight is 754 g/mol. The van der Waals surface area contributed by atoms with E-state index in [1.165, 1.54) is 64.2 Å². The molecular formula is C42H76NO8P. The molecule has 2 atom stereocenters. The van der Waals surface area contributed by atoms with Crippen molar-refractivity contribution in [2.24, 2.45) is 0 Å². The number of esters is 2. The second-order valence-electron chi connectivity index (χ2n) is 14.7. The highest BCUT2D eigenvalue weighted by molar-refractivity contribution is 7.45. The number of unbranched alkanes of at least 4 members (excludes halogenated alkanes) is 14. The highest BCUT2D eigenvalue weighted by Gasteiger charge is 2.21. The summed E-state index contributed by atoms with van der Waals surface area (Å²) in [6, 6.07) is 0. The minimum Gasteiger partial charge on any atom is -0.756 e. The van der Waals surface area contributed by atoms with E-state index in [1.54, 1.807) is 0 Å². The van der Waals surface area contributed by atoms with Crippen molar-refractivity contribution in [3.05, 3.63) is 48.6 Å². The van der Waals surface area contributed by atoms with Crippen molar-refractivity contribution in [1.29, 1.82) is 0 Å². The summed E-state index contributed by atoms with van der Waals surface area (Å²) < 4.78 is 33.7. The lowest BCUT2D eigenvalue weighted by molar-refractivity contribution is -0.870. The predicted octanol–water partition coefficient (Wildman–Crippen LogP) is 10.5. The number of quaternary nitrogens is 1. The van der Waals surface area contributed by atoms with Gasteiger partial charge < -0.3 is 27.9 Å². The smallest absolute Gasteiger partial charge is 0.306 e. The normalized spacial score (nSPS) is 14.2. The fourth-order valence-electron chi connectivity index (χ4n) is 5.11. The van der Waals surface area contributed by atoms with Gasteiger partial charge in [-0.15, -0.1) is 0 Å². The highest BCUT2D eigenvalue weighted by Crippen LogP contribution is 2.38. The molecule has 10 heteroatoms. The second kappa shape index (κ2) is 34.7. The van der Waals surface area contributed by atoms with Crippen LogP contribution in [0.3, 0.4) is 0 Å². The summed E-state index contributed by atoms with van der Waals surface area (Å²) in [5, 5.41) is 0. The van der Waals surface area contributed by atoms with Gasteiger partial charge in [0.05, 0.1) is 27.7 Å². The summed E-state index contributed by atoms with van der Waals surface area (Å²) in [5.41, 5.74) is 0. The minimum atomic E-state index is -4.63. The van der Waals surface area contributed by atoms with Crippen LogP contribution in [0.25, 0.3) is 0 Å². The van der Waals surface area contributed by atoms with Gasteiger partial charge in [-0.05, 0) is 57.8 Å². The van der Waals surface area contributed by atoms with Crippen LogP contribution in [0.15, 0.2) is 48.6 Å². The van der Waals surface area contributed by atoms with Crippen molar-refractivity contribution >= 4 is 19.8 Å². The standard InChI is InChI=1S/C42H76NO8P/c1-6-8-10-12-14-16-17-18-19-20-21-22-23-24-25-27-29-31-33-35-42(45)51-40(39-50-52(46,47)49-37-36-43(3,4)5)38-48-41(44)34-32-30-28-26-15-13-11-9-7-2/h14,16,18-19,21-22,24-25,40H,6-13,15,17,20,23,26-39H2,1-5H3/b16-14-,19-18-,22-21-,25-24-/t40-/m1/s1.